The lowest BCUT2D eigenvalue weighted by atomic mass is 9.65. The minimum absolute atomic E-state index is 0.565. The van der Waals surface area contributed by atoms with Crippen molar-refractivity contribution in [3.05, 3.63) is 259 Å². The third-order valence-electron chi connectivity index (χ3n) is 14.2. The first-order valence-electron chi connectivity index (χ1n) is 23.2. The molecule has 2 heterocycles. The molecule has 2 aliphatic carbocycles. The van der Waals surface area contributed by atoms with E-state index < -0.39 is 5.41 Å². The van der Waals surface area contributed by atoms with Crippen molar-refractivity contribution in [2.24, 2.45) is 0 Å². The first kappa shape index (κ1) is 38.3. The lowest BCUT2D eigenvalue weighted by Crippen LogP contribution is -2.29. The molecule has 0 aliphatic heterocycles. The number of nitrogens with zero attached hydrogens (tertiary/aromatic N) is 3. The molecule has 2 aromatic heterocycles. The van der Waals surface area contributed by atoms with Gasteiger partial charge in [0.05, 0.1) is 5.41 Å². The van der Waals surface area contributed by atoms with Gasteiger partial charge in [0, 0.05) is 27.5 Å². The second-order valence-electron chi connectivity index (χ2n) is 17.8. The van der Waals surface area contributed by atoms with E-state index in [1.807, 2.05) is 18.2 Å². The van der Waals surface area contributed by atoms with Crippen LogP contribution < -0.4 is 0 Å². The molecule has 0 bridgehead atoms. The number of para-hydroxylation sites is 1. The lowest BCUT2D eigenvalue weighted by molar-refractivity contribution is 0.669. The van der Waals surface area contributed by atoms with Gasteiger partial charge < -0.3 is 4.42 Å². The van der Waals surface area contributed by atoms with Gasteiger partial charge in [-0.15, -0.1) is 0 Å². The summed E-state index contributed by atoms with van der Waals surface area (Å²) in [6.07, 6.45) is 0. The average molecular weight is 866 g/mol. The van der Waals surface area contributed by atoms with E-state index in [0.29, 0.717) is 17.5 Å². The molecule has 1 spiro atoms. The molecule has 68 heavy (non-hydrogen) atoms. The van der Waals surface area contributed by atoms with Gasteiger partial charge in [-0.1, -0.05) is 194 Å². The molecule has 0 unspecified atom stereocenters. The fourth-order valence-electron chi connectivity index (χ4n) is 11.2. The Hall–Kier alpha value is -8.99. The number of benzene rings is 10. The maximum atomic E-state index is 6.44. The second kappa shape index (κ2) is 15.0. The molecule has 2 aliphatic rings. The summed E-state index contributed by atoms with van der Waals surface area (Å²) in [7, 11) is 0. The summed E-state index contributed by atoms with van der Waals surface area (Å²) in [6, 6.07) is 84.9. The topological polar surface area (TPSA) is 51.8 Å². The minimum Gasteiger partial charge on any atom is -0.456 e. The fourth-order valence-corrected chi connectivity index (χ4v) is 11.2. The van der Waals surface area contributed by atoms with Crippen LogP contribution in [0, 0.1) is 0 Å². The molecule has 0 amide bonds. The van der Waals surface area contributed by atoms with Crippen molar-refractivity contribution >= 4 is 21.9 Å². The van der Waals surface area contributed by atoms with Crippen molar-refractivity contribution < 1.29 is 4.42 Å². The highest BCUT2D eigenvalue weighted by Gasteiger charge is 2.49. The van der Waals surface area contributed by atoms with E-state index in [2.05, 4.69) is 218 Å². The van der Waals surface area contributed by atoms with Gasteiger partial charge in [0.1, 0.15) is 11.2 Å². The van der Waals surface area contributed by atoms with Crippen molar-refractivity contribution in [3.63, 3.8) is 0 Å². The average Bonchev–Trinajstić information content (AvgIpc) is 3.91. The van der Waals surface area contributed by atoms with Crippen LogP contribution in [0.3, 0.4) is 0 Å². The van der Waals surface area contributed by atoms with Crippen LogP contribution in [0.5, 0.6) is 0 Å². The zero-order chi connectivity index (χ0) is 44.8. The normalized spacial score (nSPS) is 12.8. The molecule has 4 nitrogen and oxygen atoms in total. The van der Waals surface area contributed by atoms with E-state index in [-0.39, 0.29) is 0 Å². The van der Waals surface area contributed by atoms with Crippen LogP contribution in [-0.2, 0) is 5.41 Å². The minimum atomic E-state index is -0.645. The van der Waals surface area contributed by atoms with Crippen LogP contribution in [0.4, 0.5) is 0 Å². The highest BCUT2D eigenvalue weighted by atomic mass is 16.3. The summed E-state index contributed by atoms with van der Waals surface area (Å²) in [5.41, 5.74) is 20.3. The Morgan fingerprint density at radius 3 is 1.25 bits per heavy atom. The van der Waals surface area contributed by atoms with Crippen LogP contribution >= 0.6 is 0 Å². The highest BCUT2D eigenvalue weighted by Crippen LogP contribution is 2.61. The van der Waals surface area contributed by atoms with Gasteiger partial charge in [-0.05, 0) is 120 Å². The number of fused-ring (bicyclic) bond motifs is 15. The van der Waals surface area contributed by atoms with Crippen molar-refractivity contribution in [2.75, 3.05) is 0 Å². The standard InChI is InChI=1S/C64H39N3O/c1-3-17-40(18-4-1)44-35-45(41-19-5-2-6-20-41)37-46(36-44)63-66-61(65-62(67-63)43-32-34-54-53-26-12-16-30-59(53)68-60(54)39-43)42-31-33-52-48-22-8-7-21-47(48)49-23-9-13-27-55(49)64(58(52)38-42)56-28-14-10-24-50(56)51-25-11-15-29-57(51)64/h1-39H. The summed E-state index contributed by atoms with van der Waals surface area (Å²) in [6.45, 7) is 0. The number of aromatic nitrogens is 3. The number of rotatable bonds is 5. The van der Waals surface area contributed by atoms with E-state index >= 15 is 0 Å². The SMILES string of the molecule is c1ccc(-c2cc(-c3ccccc3)cc(-c3nc(-c4ccc5c(c4)C4(c6ccccc6-c6ccccc6-5)c5ccccc5-c5ccccc54)nc(-c4ccc5c(c4)oc4ccccc45)n3)c2)cc1. The molecule has 316 valence electrons. The van der Waals surface area contributed by atoms with E-state index in [1.165, 1.54) is 55.6 Å². The van der Waals surface area contributed by atoms with Gasteiger partial charge >= 0.3 is 0 Å². The van der Waals surface area contributed by atoms with Crippen LogP contribution in [0.15, 0.2) is 241 Å². The van der Waals surface area contributed by atoms with Crippen LogP contribution in [0.1, 0.15) is 22.3 Å². The van der Waals surface area contributed by atoms with Crippen molar-refractivity contribution in [2.45, 2.75) is 5.41 Å². The molecule has 0 saturated carbocycles. The van der Waals surface area contributed by atoms with Gasteiger partial charge in [-0.25, -0.2) is 15.0 Å². The van der Waals surface area contributed by atoms with Gasteiger partial charge in [0.25, 0.3) is 0 Å². The Bertz CT molecular complexity index is 3880. The third-order valence-corrected chi connectivity index (χ3v) is 14.2. The molecule has 4 heteroatoms. The summed E-state index contributed by atoms with van der Waals surface area (Å²) in [5.74, 6) is 1.74. The van der Waals surface area contributed by atoms with E-state index in [9.17, 15) is 0 Å². The number of hydrogen-bond acceptors (Lipinski definition) is 4. The zero-order valence-corrected chi connectivity index (χ0v) is 36.8. The fraction of sp³-hybridized carbons (Fsp3) is 0.0156. The van der Waals surface area contributed by atoms with Crippen LogP contribution in [0.25, 0.3) is 112 Å². The Morgan fingerprint density at radius 2 is 0.662 bits per heavy atom. The molecule has 0 radical (unpaired) electrons. The van der Waals surface area contributed by atoms with Gasteiger partial charge in [0.2, 0.25) is 0 Å². The van der Waals surface area contributed by atoms with Gasteiger partial charge in [-0.3, -0.25) is 0 Å². The molecule has 0 atom stereocenters. The monoisotopic (exact) mass is 865 g/mol. The van der Waals surface area contributed by atoms with Crippen molar-refractivity contribution in [3.8, 4) is 89.8 Å². The third kappa shape index (κ3) is 5.77. The van der Waals surface area contributed by atoms with Gasteiger partial charge in [-0.2, -0.15) is 0 Å². The van der Waals surface area contributed by atoms with Crippen LogP contribution in [0.2, 0.25) is 0 Å². The Labute approximate surface area is 393 Å². The van der Waals surface area contributed by atoms with E-state index in [1.54, 1.807) is 0 Å². The molecule has 10 aromatic carbocycles. The molecular weight excluding hydrogens is 827 g/mol. The first-order chi connectivity index (χ1) is 33.7. The summed E-state index contributed by atoms with van der Waals surface area (Å²) in [5, 5.41) is 2.13. The molecule has 0 saturated heterocycles. The lowest BCUT2D eigenvalue weighted by Gasteiger charge is -2.35. The number of hydrogen-bond donors (Lipinski definition) is 0. The molecular formula is C64H39N3O. The predicted molar refractivity (Wildman–Crippen MR) is 276 cm³/mol. The summed E-state index contributed by atoms with van der Waals surface area (Å²) < 4.78 is 6.44. The van der Waals surface area contributed by atoms with Crippen molar-refractivity contribution in [1.29, 1.82) is 0 Å². The molecule has 0 N–H and O–H groups in total. The van der Waals surface area contributed by atoms with Crippen molar-refractivity contribution in [1.82, 2.24) is 15.0 Å². The van der Waals surface area contributed by atoms with Crippen LogP contribution in [-0.4, -0.2) is 15.0 Å². The summed E-state index contributed by atoms with van der Waals surface area (Å²) >= 11 is 0. The van der Waals surface area contributed by atoms with E-state index in [0.717, 1.165) is 60.9 Å². The molecule has 12 aromatic rings. The number of furan rings is 1. The van der Waals surface area contributed by atoms with E-state index in [4.69, 9.17) is 19.4 Å². The predicted octanol–water partition coefficient (Wildman–Crippen LogP) is 16.1. The smallest absolute Gasteiger partial charge is 0.164 e. The summed E-state index contributed by atoms with van der Waals surface area (Å²) in [4.78, 5) is 16.3. The quantitative estimate of drug-likeness (QED) is 0.173. The Kier molecular flexibility index (Phi) is 8.46. The van der Waals surface area contributed by atoms with Gasteiger partial charge in [0.15, 0.2) is 17.5 Å². The maximum absolute atomic E-state index is 6.44. The first-order valence-corrected chi connectivity index (χ1v) is 23.2. The zero-order valence-electron chi connectivity index (χ0n) is 36.8. The maximum Gasteiger partial charge on any atom is 0.164 e. The Morgan fingerprint density at radius 1 is 0.250 bits per heavy atom. The highest BCUT2D eigenvalue weighted by molar-refractivity contribution is 6.06. The second-order valence-corrected chi connectivity index (χ2v) is 17.8. The molecule has 14 rings (SSSR count). The Balaban J connectivity index is 1.05. The largest absolute Gasteiger partial charge is 0.456 e. The molecule has 0 fully saturated rings.